The second kappa shape index (κ2) is 11.0. The second-order valence-corrected chi connectivity index (χ2v) is 9.81. The highest BCUT2D eigenvalue weighted by molar-refractivity contribution is 9.10. The first-order valence-corrected chi connectivity index (χ1v) is 13.0. The van der Waals surface area contributed by atoms with E-state index in [-0.39, 0.29) is 0 Å². The van der Waals surface area contributed by atoms with Crippen LogP contribution in [0.5, 0.6) is 11.5 Å². The fraction of sp³-hybridized carbons (Fsp3) is 0.241. The summed E-state index contributed by atoms with van der Waals surface area (Å²) in [4.78, 5) is 17.4. The predicted octanol–water partition coefficient (Wildman–Crippen LogP) is 7.14. The number of benzene rings is 2. The van der Waals surface area contributed by atoms with Gasteiger partial charge in [-0.2, -0.15) is 0 Å². The molecule has 1 N–H and O–H groups in total. The molecule has 36 heavy (non-hydrogen) atoms. The monoisotopic (exact) mass is 545 g/mol. The number of halogens is 1. The zero-order valence-electron chi connectivity index (χ0n) is 20.1. The number of carbonyl (C=O) groups is 1. The zero-order chi connectivity index (χ0) is 24.9. The first-order valence-electron chi connectivity index (χ1n) is 12.2. The maximum atomic E-state index is 12.4. The highest BCUT2D eigenvalue weighted by Gasteiger charge is 2.21. The van der Waals surface area contributed by atoms with E-state index >= 15 is 0 Å². The Morgan fingerprint density at radius 3 is 2.64 bits per heavy atom. The number of esters is 1. The van der Waals surface area contributed by atoms with Crippen molar-refractivity contribution in [2.24, 2.45) is 0 Å². The summed E-state index contributed by atoms with van der Waals surface area (Å²) in [5.74, 6) is 1.31. The smallest absolute Gasteiger partial charge is 0.336 e. The Labute approximate surface area is 219 Å². The molecule has 7 heteroatoms. The van der Waals surface area contributed by atoms with Gasteiger partial charge in [0.25, 0.3) is 0 Å². The lowest BCUT2D eigenvalue weighted by Crippen LogP contribution is -2.23. The minimum Gasteiger partial charge on any atom is -0.493 e. The fourth-order valence-corrected chi connectivity index (χ4v) is 4.91. The van der Waals surface area contributed by atoms with E-state index in [4.69, 9.17) is 14.5 Å². The van der Waals surface area contributed by atoms with Gasteiger partial charge < -0.3 is 14.8 Å². The Morgan fingerprint density at radius 1 is 1.06 bits per heavy atom. The average molecular weight is 546 g/mol. The van der Waals surface area contributed by atoms with Gasteiger partial charge in [0, 0.05) is 28.4 Å². The molecule has 1 aliphatic rings. The maximum Gasteiger partial charge on any atom is 0.336 e. The minimum absolute atomic E-state index is 0.359. The molecular formula is C29H28BrN3O3. The van der Waals surface area contributed by atoms with Crippen LogP contribution < -0.4 is 14.8 Å². The SMILES string of the molecule is COc1cc(-c2nc3ccc(Br)cn3c2NC2CCCCC2)ccc1OC(=O)/C=C/c1ccccc1. The molecule has 0 radical (unpaired) electrons. The number of hydrogen-bond acceptors (Lipinski definition) is 5. The molecule has 1 saturated carbocycles. The summed E-state index contributed by atoms with van der Waals surface area (Å²) in [5, 5.41) is 3.76. The number of imidazole rings is 1. The zero-order valence-corrected chi connectivity index (χ0v) is 21.7. The predicted molar refractivity (Wildman–Crippen MR) is 146 cm³/mol. The number of ether oxygens (including phenoxy) is 2. The number of rotatable bonds is 7. The third-order valence-corrected chi connectivity index (χ3v) is 6.86. The molecule has 0 amide bonds. The van der Waals surface area contributed by atoms with Crippen LogP contribution in [0.2, 0.25) is 0 Å². The summed E-state index contributed by atoms with van der Waals surface area (Å²) in [5.41, 5.74) is 3.49. The largest absolute Gasteiger partial charge is 0.493 e. The van der Waals surface area contributed by atoms with Crippen molar-refractivity contribution in [3.63, 3.8) is 0 Å². The summed E-state index contributed by atoms with van der Waals surface area (Å²) in [7, 11) is 1.57. The number of nitrogens with zero attached hydrogens (tertiary/aromatic N) is 2. The van der Waals surface area contributed by atoms with E-state index in [9.17, 15) is 4.79 Å². The highest BCUT2D eigenvalue weighted by atomic mass is 79.9. The van der Waals surface area contributed by atoms with E-state index in [2.05, 4.69) is 25.6 Å². The Hall–Kier alpha value is -3.58. The molecule has 0 bridgehead atoms. The first-order chi connectivity index (χ1) is 17.6. The molecule has 0 atom stereocenters. The van der Waals surface area contributed by atoms with Gasteiger partial charge in [-0.1, -0.05) is 49.6 Å². The topological polar surface area (TPSA) is 64.9 Å². The molecular weight excluding hydrogens is 518 g/mol. The number of pyridine rings is 1. The van der Waals surface area contributed by atoms with Gasteiger partial charge in [-0.25, -0.2) is 9.78 Å². The lowest BCUT2D eigenvalue weighted by atomic mass is 9.95. The standard InChI is InChI=1S/C29H28BrN3O3/c1-35-25-18-21(13-15-24(25)36-27(34)17-12-20-8-4-2-5-9-20)28-29(31-23-10-6-3-7-11-23)33-19-22(30)14-16-26(33)32-28/h2,4-5,8-9,12-19,23,31H,3,6-7,10-11H2,1H3/b17-12+. The van der Waals surface area contributed by atoms with Crippen LogP contribution in [0.15, 0.2) is 77.4 Å². The fourth-order valence-electron chi connectivity index (χ4n) is 4.57. The van der Waals surface area contributed by atoms with Crippen LogP contribution in [0.1, 0.15) is 37.7 Å². The van der Waals surface area contributed by atoms with E-state index in [0.29, 0.717) is 17.5 Å². The van der Waals surface area contributed by atoms with E-state index in [0.717, 1.165) is 45.6 Å². The van der Waals surface area contributed by atoms with E-state index < -0.39 is 5.97 Å². The van der Waals surface area contributed by atoms with Gasteiger partial charge in [-0.15, -0.1) is 0 Å². The lowest BCUT2D eigenvalue weighted by Gasteiger charge is -2.24. The van der Waals surface area contributed by atoms with Gasteiger partial charge in [0.05, 0.1) is 7.11 Å². The Kier molecular flexibility index (Phi) is 7.37. The second-order valence-electron chi connectivity index (χ2n) is 8.89. The van der Waals surface area contributed by atoms with Crippen molar-refractivity contribution >= 4 is 39.4 Å². The molecule has 184 valence electrons. The summed E-state index contributed by atoms with van der Waals surface area (Å²) in [6, 6.07) is 19.5. The van der Waals surface area contributed by atoms with Crippen LogP contribution in [-0.4, -0.2) is 28.5 Å². The average Bonchev–Trinajstić information content (AvgIpc) is 3.26. The molecule has 2 aromatic heterocycles. The summed E-state index contributed by atoms with van der Waals surface area (Å²) >= 11 is 3.59. The van der Waals surface area contributed by atoms with Gasteiger partial charge in [-0.3, -0.25) is 4.40 Å². The van der Waals surface area contributed by atoms with Crippen molar-refractivity contribution in [1.29, 1.82) is 0 Å². The van der Waals surface area contributed by atoms with Crippen LogP contribution in [-0.2, 0) is 4.79 Å². The van der Waals surface area contributed by atoms with Crippen molar-refractivity contribution in [1.82, 2.24) is 9.38 Å². The first kappa shape index (κ1) is 24.1. The summed E-state index contributed by atoms with van der Waals surface area (Å²) < 4.78 is 14.2. The van der Waals surface area contributed by atoms with Crippen LogP contribution in [0, 0.1) is 0 Å². The Morgan fingerprint density at radius 2 is 1.86 bits per heavy atom. The Bertz CT molecular complexity index is 1390. The molecule has 2 aromatic carbocycles. The van der Waals surface area contributed by atoms with Crippen LogP contribution in [0.25, 0.3) is 23.0 Å². The molecule has 0 saturated heterocycles. The third-order valence-electron chi connectivity index (χ3n) is 6.39. The molecule has 1 aliphatic carbocycles. The van der Waals surface area contributed by atoms with Gasteiger partial charge in [-0.05, 0) is 70.7 Å². The van der Waals surface area contributed by atoms with Crippen LogP contribution in [0.4, 0.5) is 5.82 Å². The number of anilines is 1. The van der Waals surface area contributed by atoms with Gasteiger partial charge >= 0.3 is 5.97 Å². The van der Waals surface area contributed by atoms with Crippen molar-refractivity contribution in [3.8, 4) is 22.8 Å². The lowest BCUT2D eigenvalue weighted by molar-refractivity contribution is -0.129. The molecule has 0 unspecified atom stereocenters. The van der Waals surface area contributed by atoms with Crippen LogP contribution >= 0.6 is 15.9 Å². The molecule has 0 spiro atoms. The van der Waals surface area contributed by atoms with Crippen molar-refractivity contribution < 1.29 is 14.3 Å². The van der Waals surface area contributed by atoms with E-state index in [1.54, 1.807) is 19.3 Å². The van der Waals surface area contributed by atoms with Gasteiger partial charge in [0.2, 0.25) is 0 Å². The molecule has 1 fully saturated rings. The minimum atomic E-state index is -0.470. The molecule has 4 aromatic rings. The number of methoxy groups -OCH3 is 1. The van der Waals surface area contributed by atoms with Crippen molar-refractivity contribution in [3.05, 3.63) is 83.0 Å². The summed E-state index contributed by atoms with van der Waals surface area (Å²) in [6.45, 7) is 0. The normalized spacial score (nSPS) is 14.3. The number of hydrogen-bond donors (Lipinski definition) is 1. The molecule has 2 heterocycles. The van der Waals surface area contributed by atoms with Crippen molar-refractivity contribution in [2.45, 2.75) is 38.1 Å². The van der Waals surface area contributed by atoms with Crippen molar-refractivity contribution in [2.75, 3.05) is 12.4 Å². The maximum absolute atomic E-state index is 12.4. The number of nitrogens with one attached hydrogen (secondary N) is 1. The van der Waals surface area contributed by atoms with E-state index in [1.807, 2.05) is 60.8 Å². The Balaban J connectivity index is 1.44. The number of fused-ring (bicyclic) bond motifs is 1. The summed E-state index contributed by atoms with van der Waals surface area (Å²) in [6.07, 6.45) is 11.2. The van der Waals surface area contributed by atoms with E-state index in [1.165, 1.54) is 25.3 Å². The quantitative estimate of drug-likeness (QED) is 0.152. The highest BCUT2D eigenvalue weighted by Crippen LogP contribution is 2.37. The number of carbonyl (C=O) groups excluding carboxylic acids is 1. The van der Waals surface area contributed by atoms with Gasteiger partial charge in [0.1, 0.15) is 17.2 Å². The third kappa shape index (κ3) is 5.46. The molecule has 0 aliphatic heterocycles. The molecule has 5 rings (SSSR count). The van der Waals surface area contributed by atoms with Gasteiger partial charge in [0.15, 0.2) is 11.5 Å². The van der Waals surface area contributed by atoms with Crippen LogP contribution in [0.3, 0.4) is 0 Å². The molecule has 6 nitrogen and oxygen atoms in total. The number of aromatic nitrogens is 2.